The number of piperidine rings is 1. The van der Waals surface area contributed by atoms with Crippen LogP contribution in [0, 0.1) is 17.6 Å². The topological polar surface area (TPSA) is 140 Å². The summed E-state index contributed by atoms with van der Waals surface area (Å²) in [5.74, 6) is -1.83. The fourth-order valence-corrected chi connectivity index (χ4v) is 5.50. The van der Waals surface area contributed by atoms with Crippen molar-refractivity contribution in [3.05, 3.63) is 35.0 Å². The number of carbonyl (C=O) groups is 2. The highest BCUT2D eigenvalue weighted by molar-refractivity contribution is 6.31. The maximum atomic E-state index is 14.8. The van der Waals surface area contributed by atoms with Crippen LogP contribution in [0.3, 0.4) is 0 Å². The molecule has 4 N–H and O–H groups in total. The Morgan fingerprint density at radius 2 is 1.92 bits per heavy atom. The van der Waals surface area contributed by atoms with Crippen molar-refractivity contribution in [2.75, 3.05) is 30.8 Å². The molecule has 2 fully saturated rings. The number of methoxy groups -OCH3 is 1. The molecule has 1 saturated carbocycles. The van der Waals surface area contributed by atoms with Crippen LogP contribution in [0.15, 0.2) is 18.3 Å². The Kier molecular flexibility index (Phi) is 7.69. The van der Waals surface area contributed by atoms with E-state index in [1.807, 2.05) is 0 Å². The Bertz CT molecular complexity index is 1400. The molecule has 5 rings (SSSR count). The predicted molar refractivity (Wildman–Crippen MR) is 141 cm³/mol. The van der Waals surface area contributed by atoms with Gasteiger partial charge >= 0.3 is 6.09 Å². The summed E-state index contributed by atoms with van der Waals surface area (Å²) in [6.45, 7) is 1.04. The number of anilines is 3. The zero-order valence-electron chi connectivity index (χ0n) is 21.3. The lowest BCUT2D eigenvalue weighted by Gasteiger charge is -2.32. The third-order valence-electron chi connectivity index (χ3n) is 7.37. The van der Waals surface area contributed by atoms with E-state index in [0.717, 1.165) is 25.0 Å². The van der Waals surface area contributed by atoms with Gasteiger partial charge in [-0.3, -0.25) is 9.36 Å². The number of nitrogens with one attached hydrogen (secondary N) is 2. The first kappa shape index (κ1) is 26.9. The number of primary amides is 1. The average molecular weight is 563 g/mol. The Morgan fingerprint density at radius 3 is 2.64 bits per heavy atom. The molecule has 1 saturated heterocycles. The first-order valence-electron chi connectivity index (χ1n) is 12.8. The summed E-state index contributed by atoms with van der Waals surface area (Å²) < 4.78 is 36.0. The van der Waals surface area contributed by atoms with E-state index in [-0.39, 0.29) is 34.9 Å². The van der Waals surface area contributed by atoms with Gasteiger partial charge in [0.25, 0.3) is 0 Å². The molecule has 2 amide bonds. The van der Waals surface area contributed by atoms with Gasteiger partial charge in [0.15, 0.2) is 11.5 Å². The third kappa shape index (κ3) is 5.54. The molecule has 2 aromatic heterocycles. The molecule has 11 nitrogen and oxygen atoms in total. The van der Waals surface area contributed by atoms with Crippen LogP contribution in [0.4, 0.5) is 31.2 Å². The number of hydrogen-bond acceptors (Lipinski definition) is 8. The lowest BCUT2D eigenvalue weighted by atomic mass is 9.85. The highest BCUT2D eigenvalue weighted by atomic mass is 35.5. The van der Waals surface area contributed by atoms with E-state index in [9.17, 15) is 18.4 Å². The molecule has 0 unspecified atom stereocenters. The van der Waals surface area contributed by atoms with Crippen LogP contribution < -0.4 is 16.4 Å². The quantitative estimate of drug-likeness (QED) is 0.376. The van der Waals surface area contributed by atoms with Crippen molar-refractivity contribution in [3.63, 3.8) is 0 Å². The zero-order chi connectivity index (χ0) is 27.7. The second kappa shape index (κ2) is 11.2. The van der Waals surface area contributed by atoms with Crippen molar-refractivity contribution in [2.45, 2.75) is 50.6 Å². The number of carbonyl (C=O) groups excluding carboxylic acids is 2. The molecule has 3 aromatic rings. The van der Waals surface area contributed by atoms with E-state index in [1.54, 1.807) is 9.47 Å². The van der Waals surface area contributed by atoms with Crippen molar-refractivity contribution >= 4 is 52.3 Å². The Morgan fingerprint density at radius 1 is 1.15 bits per heavy atom. The Balaban J connectivity index is 1.49. The molecular weight excluding hydrogens is 534 g/mol. The fourth-order valence-electron chi connectivity index (χ4n) is 5.34. The molecule has 208 valence electrons. The monoisotopic (exact) mass is 562 g/mol. The number of nitrogens with two attached hydrogens (primary N) is 1. The zero-order valence-corrected chi connectivity index (χ0v) is 22.0. The first-order chi connectivity index (χ1) is 18.7. The summed E-state index contributed by atoms with van der Waals surface area (Å²) in [6, 6.07) is 1.96. The van der Waals surface area contributed by atoms with Gasteiger partial charge < -0.3 is 26.0 Å². The maximum Gasteiger partial charge on any atom is 0.409 e. The molecule has 0 bridgehead atoms. The average Bonchev–Trinajstić information content (AvgIpc) is 3.30. The number of halogens is 3. The molecular formula is C25H29ClF2N8O3. The number of rotatable bonds is 6. The summed E-state index contributed by atoms with van der Waals surface area (Å²) >= 11 is 5.90. The summed E-state index contributed by atoms with van der Waals surface area (Å²) in [7, 11) is 1.35. The minimum Gasteiger partial charge on any atom is -0.453 e. The highest BCUT2D eigenvalue weighted by Gasteiger charge is 2.30. The highest BCUT2D eigenvalue weighted by Crippen LogP contribution is 2.38. The van der Waals surface area contributed by atoms with Crippen LogP contribution in [-0.2, 0) is 9.53 Å². The van der Waals surface area contributed by atoms with Crippen molar-refractivity contribution < 1.29 is 23.1 Å². The number of aromatic nitrogens is 4. The van der Waals surface area contributed by atoms with Crippen LogP contribution >= 0.6 is 11.6 Å². The molecule has 14 heteroatoms. The number of benzene rings is 1. The minimum absolute atomic E-state index is 0.0927. The van der Waals surface area contributed by atoms with Gasteiger partial charge in [0.2, 0.25) is 17.8 Å². The van der Waals surface area contributed by atoms with E-state index in [4.69, 9.17) is 27.1 Å². The van der Waals surface area contributed by atoms with Gasteiger partial charge in [-0.2, -0.15) is 4.98 Å². The number of amides is 2. The standard InChI is InChI=1S/C25H29ClF2N8O3/c1-39-25(38)35-10-2-3-14(12-35)31-23-30-11-18-22(34-23)36(15-6-4-13(5-7-15)21(29)37)24(32-18)33-20-17(27)9-8-16(26)19(20)28/h8-9,11,13-15H,2-7,10,12H2,1H3,(H2,29,37)(H,32,33)(H,30,31,34)/t13?,14-,15?/m1/s1. The van der Waals surface area contributed by atoms with E-state index in [1.165, 1.54) is 13.3 Å². The molecule has 1 atom stereocenters. The van der Waals surface area contributed by atoms with Gasteiger partial charge in [-0.1, -0.05) is 11.6 Å². The van der Waals surface area contributed by atoms with Crippen LogP contribution in [0.25, 0.3) is 11.2 Å². The number of ether oxygens (including phenoxy) is 1. The van der Waals surface area contributed by atoms with Gasteiger partial charge in [-0.05, 0) is 50.7 Å². The second-order valence-electron chi connectivity index (χ2n) is 9.86. The maximum absolute atomic E-state index is 14.8. The number of likely N-dealkylation sites (tertiary alicyclic amines) is 1. The molecule has 3 heterocycles. The van der Waals surface area contributed by atoms with Crippen LogP contribution in [0.2, 0.25) is 5.02 Å². The number of hydrogen-bond donors (Lipinski definition) is 3. The van der Waals surface area contributed by atoms with E-state index >= 15 is 0 Å². The summed E-state index contributed by atoms with van der Waals surface area (Å²) in [6.07, 6.45) is 5.08. The van der Waals surface area contributed by atoms with Gasteiger partial charge in [0, 0.05) is 31.1 Å². The smallest absolute Gasteiger partial charge is 0.409 e. The second-order valence-corrected chi connectivity index (χ2v) is 10.3. The SMILES string of the molecule is COC(=O)N1CCC[C@@H](Nc2ncc3nc(Nc4c(F)ccc(Cl)c4F)n(C4CCC(C(N)=O)CC4)c3n2)C1. The third-order valence-corrected chi connectivity index (χ3v) is 7.66. The summed E-state index contributed by atoms with van der Waals surface area (Å²) in [4.78, 5) is 39.0. The van der Waals surface area contributed by atoms with E-state index in [0.29, 0.717) is 55.9 Å². The number of fused-ring (bicyclic) bond motifs is 1. The summed E-state index contributed by atoms with van der Waals surface area (Å²) in [5, 5.41) is 5.83. The fraction of sp³-hybridized carbons (Fsp3) is 0.480. The molecule has 0 spiro atoms. The predicted octanol–water partition coefficient (Wildman–Crippen LogP) is 4.36. The number of nitrogens with zero attached hydrogens (tertiary/aromatic N) is 5. The van der Waals surface area contributed by atoms with Crippen LogP contribution in [0.5, 0.6) is 0 Å². The normalized spacial score (nSPS) is 21.5. The lowest BCUT2D eigenvalue weighted by molar-refractivity contribution is -0.122. The van der Waals surface area contributed by atoms with Gasteiger partial charge in [0.05, 0.1) is 18.3 Å². The number of imidazole rings is 1. The molecule has 1 aliphatic carbocycles. The molecule has 39 heavy (non-hydrogen) atoms. The molecule has 1 aromatic carbocycles. The summed E-state index contributed by atoms with van der Waals surface area (Å²) in [5.41, 5.74) is 5.97. The molecule has 2 aliphatic rings. The Hall–Kier alpha value is -3.74. The lowest BCUT2D eigenvalue weighted by Crippen LogP contribution is -2.45. The largest absolute Gasteiger partial charge is 0.453 e. The van der Waals surface area contributed by atoms with Crippen molar-refractivity contribution in [3.8, 4) is 0 Å². The van der Waals surface area contributed by atoms with Gasteiger partial charge in [-0.25, -0.2) is 23.5 Å². The van der Waals surface area contributed by atoms with Crippen molar-refractivity contribution in [1.29, 1.82) is 0 Å². The van der Waals surface area contributed by atoms with Gasteiger partial charge in [0.1, 0.15) is 17.0 Å². The molecule has 0 radical (unpaired) electrons. The van der Waals surface area contributed by atoms with Crippen LogP contribution in [-0.4, -0.2) is 62.7 Å². The molecule has 1 aliphatic heterocycles. The van der Waals surface area contributed by atoms with Crippen molar-refractivity contribution in [2.24, 2.45) is 11.7 Å². The van der Waals surface area contributed by atoms with Crippen molar-refractivity contribution in [1.82, 2.24) is 24.4 Å². The van der Waals surface area contributed by atoms with E-state index in [2.05, 4.69) is 20.6 Å². The van der Waals surface area contributed by atoms with Crippen LogP contribution in [0.1, 0.15) is 44.6 Å². The Labute approximate surface area is 228 Å². The van der Waals surface area contributed by atoms with E-state index < -0.39 is 23.4 Å². The first-order valence-corrected chi connectivity index (χ1v) is 13.2. The minimum atomic E-state index is -0.936. The van der Waals surface area contributed by atoms with Gasteiger partial charge in [-0.15, -0.1) is 0 Å².